The molecule has 0 spiro atoms. The van der Waals surface area contributed by atoms with E-state index in [1.807, 2.05) is 250 Å². The van der Waals surface area contributed by atoms with Gasteiger partial charge in [-0.15, -0.1) is 0 Å². The van der Waals surface area contributed by atoms with Crippen molar-refractivity contribution in [3.8, 4) is 0 Å². The third-order valence-electron chi connectivity index (χ3n) is 11.9. The topological polar surface area (TPSA) is 224 Å². The molecule has 10 rings (SSSR count). The highest BCUT2D eigenvalue weighted by molar-refractivity contribution is 5.91. The molecule has 0 aliphatic heterocycles. The molecular formula is C82H89N5O11. The number of carboxylic acid groups (broad SMARTS) is 1. The molecule has 0 radical (unpaired) electrons. The highest BCUT2D eigenvalue weighted by Gasteiger charge is 2.07. The van der Waals surface area contributed by atoms with Crippen LogP contribution in [0.5, 0.6) is 0 Å². The number of carbonyl (C=O) groups excluding carboxylic acids is 5. The standard InChI is InChI=1S/3C15H13NO2.C14H11NO2.C8H9NO2.C7H6O.4C2H6/c3*1-18-15(17)13-8-10-14(16-11-13)9-7-12-5-3-2-4-6-12;16-14(17)12-7-9-13(15-10-12)8-6-11-4-2-1-3-5-11;1-6-3-4-7(5-9-6)8(10)11-2;8-6-7-4-2-1-3-5-7;4*1-2/h3*2-11H,1H3;1-10H,(H,16,17);3-5H,1-2H3;1-6H;4*1-2H3/b3*9-7+;8-6+;;;;;;. The van der Waals surface area contributed by atoms with E-state index >= 15 is 0 Å². The Morgan fingerprint density at radius 1 is 0.286 bits per heavy atom. The van der Waals surface area contributed by atoms with Crippen molar-refractivity contribution < 1.29 is 52.8 Å². The summed E-state index contributed by atoms with van der Waals surface area (Å²) in [5.41, 5.74) is 11.2. The predicted molar refractivity (Wildman–Crippen MR) is 397 cm³/mol. The molecule has 0 aliphatic rings. The summed E-state index contributed by atoms with van der Waals surface area (Å²) in [7, 11) is 5.41. The Kier molecular flexibility index (Phi) is 45.5. The van der Waals surface area contributed by atoms with E-state index in [1.165, 1.54) is 59.4 Å². The molecule has 16 heteroatoms. The van der Waals surface area contributed by atoms with Crippen molar-refractivity contribution in [1.29, 1.82) is 0 Å². The van der Waals surface area contributed by atoms with Crippen LogP contribution in [-0.4, -0.2) is 94.6 Å². The zero-order chi connectivity index (χ0) is 72.6. The number of ether oxygens (including phenoxy) is 4. The number of nitrogens with zero attached hydrogens (tertiary/aromatic N) is 5. The van der Waals surface area contributed by atoms with Crippen molar-refractivity contribution in [3.63, 3.8) is 0 Å². The molecule has 10 aromatic rings. The van der Waals surface area contributed by atoms with Gasteiger partial charge in [0.1, 0.15) is 6.29 Å². The van der Waals surface area contributed by atoms with Gasteiger partial charge in [0.05, 0.1) is 79.0 Å². The highest BCUT2D eigenvalue weighted by atomic mass is 16.5. The van der Waals surface area contributed by atoms with Gasteiger partial charge in [0.2, 0.25) is 0 Å². The summed E-state index contributed by atoms with van der Waals surface area (Å²) in [6, 6.07) is 66.0. The lowest BCUT2D eigenvalue weighted by Crippen LogP contribution is -2.01. The van der Waals surface area contributed by atoms with Gasteiger partial charge in [-0.1, -0.05) is 231 Å². The van der Waals surface area contributed by atoms with Crippen molar-refractivity contribution >= 4 is 84.7 Å². The SMILES string of the molecule is CC.CC.CC.CC.COC(=O)c1ccc(/C=C/c2ccccc2)nc1.COC(=O)c1ccc(/C=C/c2ccccc2)nc1.COC(=O)c1ccc(/C=C/c2ccccc2)nc1.COC(=O)c1ccc(C)nc1.O=C(O)c1ccc(/C=C/c2ccccc2)nc1.O=Cc1ccccc1. The van der Waals surface area contributed by atoms with Crippen molar-refractivity contribution in [2.45, 2.75) is 62.3 Å². The minimum atomic E-state index is -0.962. The van der Waals surface area contributed by atoms with Gasteiger partial charge in [0.25, 0.3) is 0 Å². The quantitative estimate of drug-likeness (QED) is 0.0607. The molecular weight excluding hydrogens is 1230 g/mol. The third-order valence-corrected chi connectivity index (χ3v) is 11.9. The number of hydrogen-bond donors (Lipinski definition) is 1. The summed E-state index contributed by atoms with van der Waals surface area (Å²) in [4.78, 5) is 85.7. The maximum Gasteiger partial charge on any atom is 0.339 e. The number of rotatable bonds is 14. The Bertz CT molecular complexity index is 3640. The van der Waals surface area contributed by atoms with E-state index in [0.717, 1.165) is 62.6 Å². The Balaban J connectivity index is 0.000000584. The zero-order valence-corrected chi connectivity index (χ0v) is 58.1. The molecule has 0 saturated heterocycles. The van der Waals surface area contributed by atoms with Crippen LogP contribution >= 0.6 is 0 Å². The first-order valence-corrected chi connectivity index (χ1v) is 31.6. The number of benzene rings is 5. The van der Waals surface area contributed by atoms with Gasteiger partial charge in [-0.25, -0.2) is 24.0 Å². The molecule has 1 N–H and O–H groups in total. The van der Waals surface area contributed by atoms with E-state index in [2.05, 4.69) is 43.9 Å². The number of aromatic carboxylic acids is 1. The summed E-state index contributed by atoms with van der Waals surface area (Å²) in [5, 5.41) is 8.73. The third kappa shape index (κ3) is 35.2. The Morgan fingerprint density at radius 3 is 0.673 bits per heavy atom. The molecule has 0 saturated carbocycles. The largest absolute Gasteiger partial charge is 0.478 e. The first-order chi connectivity index (χ1) is 47.8. The molecule has 0 amide bonds. The van der Waals surface area contributed by atoms with Crippen molar-refractivity contribution in [2.75, 3.05) is 28.4 Å². The predicted octanol–water partition coefficient (Wildman–Crippen LogP) is 18.8. The summed E-state index contributed by atoms with van der Waals surface area (Å²) >= 11 is 0. The van der Waals surface area contributed by atoms with Gasteiger partial charge in [-0.2, -0.15) is 0 Å². The van der Waals surface area contributed by atoms with Gasteiger partial charge >= 0.3 is 29.8 Å². The molecule has 0 unspecified atom stereocenters. The molecule has 0 fully saturated rings. The van der Waals surface area contributed by atoms with E-state index in [4.69, 9.17) is 5.11 Å². The monoisotopic (exact) mass is 1320 g/mol. The number of aromatic nitrogens is 5. The molecule has 16 nitrogen and oxygen atoms in total. The highest BCUT2D eigenvalue weighted by Crippen LogP contribution is 2.12. The molecule has 5 aromatic heterocycles. The summed E-state index contributed by atoms with van der Waals surface area (Å²) in [5.74, 6) is -2.43. The number of hydrogen-bond acceptors (Lipinski definition) is 15. The van der Waals surface area contributed by atoms with Crippen LogP contribution in [0.1, 0.15) is 168 Å². The number of methoxy groups -OCH3 is 4. The Labute approximate surface area is 577 Å². The molecule has 0 aliphatic carbocycles. The second-order valence-corrected chi connectivity index (χ2v) is 18.4. The minimum absolute atomic E-state index is 0.196. The van der Waals surface area contributed by atoms with Crippen molar-refractivity contribution in [3.05, 3.63) is 327 Å². The molecule has 0 bridgehead atoms. The number of aldehydes is 1. The number of esters is 4. The van der Waals surface area contributed by atoms with E-state index in [0.29, 0.717) is 22.3 Å². The molecule has 5 heterocycles. The van der Waals surface area contributed by atoms with Crippen LogP contribution < -0.4 is 0 Å². The van der Waals surface area contributed by atoms with Crippen molar-refractivity contribution in [1.82, 2.24) is 24.9 Å². The van der Waals surface area contributed by atoms with Crippen LogP contribution in [0, 0.1) is 6.92 Å². The number of pyridine rings is 5. The van der Waals surface area contributed by atoms with Gasteiger partial charge in [0.15, 0.2) is 0 Å². The fourth-order valence-corrected chi connectivity index (χ4v) is 7.08. The number of carbonyl (C=O) groups is 6. The second kappa shape index (κ2) is 53.2. The fraction of sp³-hybridized carbons (Fsp3) is 0.159. The summed E-state index contributed by atoms with van der Waals surface area (Å²) < 4.78 is 18.3. The lowest BCUT2D eigenvalue weighted by Gasteiger charge is -1.98. The van der Waals surface area contributed by atoms with Gasteiger partial charge in [0, 0.05) is 42.2 Å². The van der Waals surface area contributed by atoms with Crippen LogP contribution in [0.2, 0.25) is 0 Å². The minimum Gasteiger partial charge on any atom is -0.478 e. The van der Waals surface area contributed by atoms with Crippen molar-refractivity contribution in [2.24, 2.45) is 0 Å². The van der Waals surface area contributed by atoms with Crippen LogP contribution in [0.3, 0.4) is 0 Å². The molecule has 98 heavy (non-hydrogen) atoms. The van der Waals surface area contributed by atoms with Crippen LogP contribution in [0.25, 0.3) is 48.6 Å². The normalized spacial score (nSPS) is 9.60. The van der Waals surface area contributed by atoms with E-state index in [9.17, 15) is 28.8 Å². The van der Waals surface area contributed by atoms with E-state index < -0.39 is 5.97 Å². The van der Waals surface area contributed by atoms with Crippen LogP contribution in [-0.2, 0) is 18.9 Å². The second-order valence-electron chi connectivity index (χ2n) is 18.4. The maximum atomic E-state index is 11.2. The van der Waals surface area contributed by atoms with E-state index in [-0.39, 0.29) is 29.4 Å². The average molecular weight is 1320 g/mol. The molecule has 5 aromatic carbocycles. The van der Waals surface area contributed by atoms with Gasteiger partial charge < -0.3 is 24.1 Å². The molecule has 0 atom stereocenters. The van der Waals surface area contributed by atoms with Gasteiger partial charge in [-0.05, 0) is 114 Å². The lowest BCUT2D eigenvalue weighted by molar-refractivity contribution is 0.0591. The lowest BCUT2D eigenvalue weighted by atomic mass is 10.2. The zero-order valence-electron chi connectivity index (χ0n) is 58.1. The number of aryl methyl sites for hydroxylation is 1. The van der Waals surface area contributed by atoms with E-state index in [1.54, 1.807) is 72.8 Å². The first kappa shape index (κ1) is 83.8. The number of carboxylic acids is 1. The Morgan fingerprint density at radius 2 is 0.500 bits per heavy atom. The first-order valence-electron chi connectivity index (χ1n) is 31.6. The van der Waals surface area contributed by atoms with Crippen LogP contribution in [0.15, 0.2) is 243 Å². The Hall–Kier alpha value is -12.2. The smallest absolute Gasteiger partial charge is 0.339 e. The summed E-state index contributed by atoms with van der Waals surface area (Å²) in [6.45, 7) is 17.9. The molecule has 508 valence electrons. The average Bonchev–Trinajstić information content (AvgIpc) is 1.09. The fourth-order valence-electron chi connectivity index (χ4n) is 7.08. The van der Waals surface area contributed by atoms with Gasteiger partial charge in [-0.3, -0.25) is 29.7 Å². The van der Waals surface area contributed by atoms with Crippen LogP contribution in [0.4, 0.5) is 0 Å². The maximum absolute atomic E-state index is 11.2. The summed E-state index contributed by atoms with van der Waals surface area (Å²) in [6.07, 6.45) is 23.6.